The molecule has 0 aromatic carbocycles. The van der Waals surface area contributed by atoms with Crippen LogP contribution < -0.4 is 5.32 Å². The van der Waals surface area contributed by atoms with Crippen LogP contribution in [0.1, 0.15) is 38.5 Å². The molecular formula is C17H29N3O2. The Labute approximate surface area is 133 Å². The van der Waals surface area contributed by atoms with Crippen molar-refractivity contribution >= 4 is 11.8 Å². The molecule has 0 aromatic heterocycles. The first kappa shape index (κ1) is 15.8. The van der Waals surface area contributed by atoms with E-state index in [1.54, 1.807) is 0 Å². The molecule has 2 aliphatic carbocycles. The van der Waals surface area contributed by atoms with Gasteiger partial charge in [-0.05, 0) is 50.5 Å². The van der Waals surface area contributed by atoms with E-state index < -0.39 is 5.41 Å². The van der Waals surface area contributed by atoms with Gasteiger partial charge in [-0.15, -0.1) is 0 Å². The van der Waals surface area contributed by atoms with Crippen molar-refractivity contribution in [1.29, 1.82) is 0 Å². The maximum atomic E-state index is 12.9. The molecule has 0 aromatic rings. The Balaban J connectivity index is 1.61. The van der Waals surface area contributed by atoms with E-state index in [0.717, 1.165) is 26.1 Å². The Morgan fingerprint density at radius 2 is 1.64 bits per heavy atom. The first-order valence-electron chi connectivity index (χ1n) is 8.70. The lowest BCUT2D eigenvalue weighted by molar-refractivity contribution is -0.146. The van der Waals surface area contributed by atoms with Crippen LogP contribution in [0.5, 0.6) is 0 Å². The SMILES string of the molecule is CN(CC1CC1)C(=O)CC1(C(=O)N(C)CC2CC2)CCNC1. The minimum Gasteiger partial charge on any atom is -0.345 e. The standard InChI is InChI=1S/C17H29N3O2/c1-19(10-13-3-4-13)15(21)9-17(7-8-18-12-17)16(22)20(2)11-14-5-6-14/h13-14,18H,3-12H2,1-2H3. The van der Waals surface area contributed by atoms with Gasteiger partial charge in [0.2, 0.25) is 11.8 Å². The molecule has 2 saturated carbocycles. The van der Waals surface area contributed by atoms with Crippen LogP contribution in [-0.2, 0) is 9.59 Å². The highest BCUT2D eigenvalue weighted by Crippen LogP contribution is 2.36. The van der Waals surface area contributed by atoms with Crippen molar-refractivity contribution in [3.63, 3.8) is 0 Å². The van der Waals surface area contributed by atoms with Crippen LogP contribution in [0.4, 0.5) is 0 Å². The Morgan fingerprint density at radius 3 is 2.14 bits per heavy atom. The van der Waals surface area contributed by atoms with Gasteiger partial charge < -0.3 is 15.1 Å². The fourth-order valence-electron chi connectivity index (χ4n) is 3.54. The minimum absolute atomic E-state index is 0.128. The van der Waals surface area contributed by atoms with Crippen LogP contribution in [-0.4, -0.2) is 61.9 Å². The summed E-state index contributed by atoms with van der Waals surface area (Å²) >= 11 is 0. The normalized spacial score (nSPS) is 27.7. The number of rotatable bonds is 7. The average molecular weight is 307 g/mol. The molecule has 1 N–H and O–H groups in total. The molecule has 3 fully saturated rings. The van der Waals surface area contributed by atoms with Gasteiger partial charge >= 0.3 is 0 Å². The quantitative estimate of drug-likeness (QED) is 0.766. The number of carbonyl (C=O) groups is 2. The summed E-state index contributed by atoms with van der Waals surface area (Å²) in [5.74, 6) is 1.68. The third-order valence-corrected chi connectivity index (χ3v) is 5.42. The third kappa shape index (κ3) is 3.62. The van der Waals surface area contributed by atoms with Crippen LogP contribution in [0.2, 0.25) is 0 Å². The van der Waals surface area contributed by atoms with Crippen molar-refractivity contribution in [1.82, 2.24) is 15.1 Å². The molecule has 0 radical (unpaired) electrons. The first-order chi connectivity index (χ1) is 10.5. The van der Waals surface area contributed by atoms with Gasteiger partial charge in [0, 0.05) is 40.2 Å². The van der Waals surface area contributed by atoms with Gasteiger partial charge in [-0.1, -0.05) is 0 Å². The largest absolute Gasteiger partial charge is 0.345 e. The second-order valence-corrected chi connectivity index (χ2v) is 7.73. The summed E-state index contributed by atoms with van der Waals surface area (Å²) in [7, 11) is 3.79. The number of hydrogen-bond acceptors (Lipinski definition) is 3. The van der Waals surface area contributed by atoms with Crippen molar-refractivity contribution in [2.24, 2.45) is 17.3 Å². The first-order valence-corrected chi connectivity index (χ1v) is 8.70. The van der Waals surface area contributed by atoms with E-state index in [9.17, 15) is 9.59 Å². The summed E-state index contributed by atoms with van der Waals surface area (Å²) in [5.41, 5.74) is -0.515. The van der Waals surface area contributed by atoms with Crippen molar-refractivity contribution < 1.29 is 9.59 Å². The Morgan fingerprint density at radius 1 is 1.05 bits per heavy atom. The van der Waals surface area contributed by atoms with Gasteiger partial charge in [0.05, 0.1) is 5.41 Å². The molecule has 0 bridgehead atoms. The molecule has 3 rings (SSSR count). The van der Waals surface area contributed by atoms with Crippen LogP contribution in [0.15, 0.2) is 0 Å². The fourth-order valence-corrected chi connectivity index (χ4v) is 3.54. The minimum atomic E-state index is -0.515. The predicted octanol–water partition coefficient (Wildman–Crippen LogP) is 1.09. The molecule has 1 atom stereocenters. The van der Waals surface area contributed by atoms with Gasteiger partial charge in [-0.2, -0.15) is 0 Å². The molecular weight excluding hydrogens is 278 g/mol. The highest BCUT2D eigenvalue weighted by atomic mass is 16.2. The lowest BCUT2D eigenvalue weighted by Crippen LogP contribution is -2.47. The third-order valence-electron chi connectivity index (χ3n) is 5.42. The smallest absolute Gasteiger partial charge is 0.230 e. The van der Waals surface area contributed by atoms with Crippen LogP contribution in [0.25, 0.3) is 0 Å². The van der Waals surface area contributed by atoms with Gasteiger partial charge in [0.25, 0.3) is 0 Å². The predicted molar refractivity (Wildman–Crippen MR) is 85.3 cm³/mol. The maximum absolute atomic E-state index is 12.9. The Kier molecular flexibility index (Phi) is 4.44. The topological polar surface area (TPSA) is 52.7 Å². The van der Waals surface area contributed by atoms with Crippen molar-refractivity contribution in [3.05, 3.63) is 0 Å². The Hall–Kier alpha value is -1.10. The number of carbonyl (C=O) groups excluding carboxylic acids is 2. The number of nitrogens with zero attached hydrogens (tertiary/aromatic N) is 2. The van der Waals surface area contributed by atoms with Crippen LogP contribution in [0.3, 0.4) is 0 Å². The fraction of sp³-hybridized carbons (Fsp3) is 0.882. The second-order valence-electron chi connectivity index (χ2n) is 7.73. The van der Waals surface area contributed by atoms with Crippen molar-refractivity contribution in [2.45, 2.75) is 38.5 Å². The summed E-state index contributed by atoms with van der Waals surface area (Å²) in [6.07, 6.45) is 6.11. The number of nitrogens with one attached hydrogen (secondary N) is 1. The molecule has 5 nitrogen and oxygen atoms in total. The highest BCUT2D eigenvalue weighted by molar-refractivity contribution is 5.89. The summed E-state index contributed by atoms with van der Waals surface area (Å²) in [6, 6.07) is 0. The highest BCUT2D eigenvalue weighted by Gasteiger charge is 2.45. The van der Waals surface area contributed by atoms with E-state index in [0.29, 0.717) is 24.8 Å². The lowest BCUT2D eigenvalue weighted by Gasteiger charge is -2.32. The maximum Gasteiger partial charge on any atom is 0.230 e. The van der Waals surface area contributed by atoms with Gasteiger partial charge in [0.1, 0.15) is 0 Å². The van der Waals surface area contributed by atoms with E-state index in [1.807, 2.05) is 23.9 Å². The summed E-state index contributed by atoms with van der Waals surface area (Å²) in [5, 5.41) is 3.30. The van der Waals surface area contributed by atoms with Crippen molar-refractivity contribution in [3.8, 4) is 0 Å². The molecule has 1 heterocycles. The number of hydrogen-bond donors (Lipinski definition) is 1. The van der Waals surface area contributed by atoms with Crippen molar-refractivity contribution in [2.75, 3.05) is 40.3 Å². The lowest BCUT2D eigenvalue weighted by atomic mass is 9.81. The van der Waals surface area contributed by atoms with Gasteiger partial charge in [0.15, 0.2) is 0 Å². The molecule has 0 spiro atoms. The molecule has 1 unspecified atom stereocenters. The number of amides is 2. The van der Waals surface area contributed by atoms with E-state index >= 15 is 0 Å². The zero-order valence-electron chi connectivity index (χ0n) is 13.9. The Bertz CT molecular complexity index is 437. The summed E-state index contributed by atoms with van der Waals surface area (Å²) in [6.45, 7) is 3.19. The molecule has 5 heteroatoms. The molecule has 3 aliphatic rings. The van der Waals surface area contributed by atoms with Crippen LogP contribution >= 0.6 is 0 Å². The second kappa shape index (κ2) is 6.19. The van der Waals surface area contributed by atoms with E-state index in [-0.39, 0.29) is 11.8 Å². The van der Waals surface area contributed by atoms with Crippen LogP contribution in [0, 0.1) is 17.3 Å². The summed E-state index contributed by atoms with van der Waals surface area (Å²) < 4.78 is 0. The molecule has 1 saturated heterocycles. The molecule has 124 valence electrons. The van der Waals surface area contributed by atoms with Gasteiger partial charge in [-0.25, -0.2) is 0 Å². The van der Waals surface area contributed by atoms with Gasteiger partial charge in [-0.3, -0.25) is 9.59 Å². The molecule has 2 amide bonds. The zero-order chi connectivity index (χ0) is 15.7. The van der Waals surface area contributed by atoms with E-state index in [1.165, 1.54) is 25.7 Å². The zero-order valence-corrected chi connectivity index (χ0v) is 13.9. The van der Waals surface area contributed by atoms with E-state index in [4.69, 9.17) is 0 Å². The summed E-state index contributed by atoms with van der Waals surface area (Å²) in [4.78, 5) is 29.2. The van der Waals surface area contributed by atoms with E-state index in [2.05, 4.69) is 5.32 Å². The molecule has 22 heavy (non-hydrogen) atoms. The molecule has 1 aliphatic heterocycles. The average Bonchev–Trinajstić information content (AvgIpc) is 3.41. The monoisotopic (exact) mass is 307 g/mol.